The van der Waals surface area contributed by atoms with Crippen LogP contribution in [0.25, 0.3) is 0 Å². The first-order chi connectivity index (χ1) is 14.9. The van der Waals surface area contributed by atoms with E-state index in [2.05, 4.69) is 31.0 Å². The zero-order chi connectivity index (χ0) is 22.2. The Bertz CT molecular complexity index is 909. The van der Waals surface area contributed by atoms with Crippen molar-refractivity contribution in [2.75, 3.05) is 32.8 Å². The lowest BCUT2D eigenvalue weighted by Crippen LogP contribution is -2.48. The van der Waals surface area contributed by atoms with E-state index in [1.165, 1.54) is 0 Å². The largest absolute Gasteiger partial charge is 0.415 e. The highest BCUT2D eigenvalue weighted by Gasteiger charge is 2.21. The number of carbonyl (C=O) groups excluding carboxylic acids is 2. The first-order valence-electron chi connectivity index (χ1n) is 9.84. The normalized spacial score (nSPS) is 16.7. The van der Waals surface area contributed by atoms with Crippen LogP contribution in [-0.2, 0) is 17.8 Å². The molecule has 0 bridgehead atoms. The summed E-state index contributed by atoms with van der Waals surface area (Å²) in [6, 6.07) is 5.18. The molecule has 2 aromatic rings. The highest BCUT2D eigenvalue weighted by atomic mass is 35.5. The SMILES string of the molecule is CCNC(=O)c1nnc(CNC(=O)NC[C@H]2CN(Cc3ccc(Cl)c(Cl)c3)CCO2)o1. The summed E-state index contributed by atoms with van der Waals surface area (Å²) in [4.78, 5) is 25.9. The number of nitrogens with one attached hydrogen (secondary N) is 3. The van der Waals surface area contributed by atoms with Crippen molar-refractivity contribution in [1.82, 2.24) is 31.0 Å². The molecule has 3 amide bonds. The molecular weight excluding hydrogens is 447 g/mol. The van der Waals surface area contributed by atoms with Gasteiger partial charge in [0.25, 0.3) is 0 Å². The number of morpholine rings is 1. The summed E-state index contributed by atoms with van der Waals surface area (Å²) in [6.07, 6.45) is -0.144. The van der Waals surface area contributed by atoms with E-state index in [0.717, 1.165) is 12.1 Å². The summed E-state index contributed by atoms with van der Waals surface area (Å²) < 4.78 is 10.9. The fourth-order valence-corrected chi connectivity index (χ4v) is 3.34. The minimum atomic E-state index is -0.453. The molecule has 0 radical (unpaired) electrons. The fourth-order valence-electron chi connectivity index (χ4n) is 3.02. The molecule has 1 saturated heterocycles. The number of ether oxygens (including phenoxy) is 1. The number of halogens is 2. The monoisotopic (exact) mass is 470 g/mol. The van der Waals surface area contributed by atoms with Crippen LogP contribution in [0.15, 0.2) is 22.6 Å². The minimum Gasteiger partial charge on any atom is -0.415 e. The zero-order valence-corrected chi connectivity index (χ0v) is 18.5. The summed E-state index contributed by atoms with van der Waals surface area (Å²) in [5.41, 5.74) is 1.06. The van der Waals surface area contributed by atoms with Gasteiger partial charge in [0, 0.05) is 32.7 Å². The Kier molecular flexibility index (Phi) is 8.47. The van der Waals surface area contributed by atoms with Crippen molar-refractivity contribution in [3.8, 4) is 0 Å². The molecule has 12 heteroatoms. The van der Waals surface area contributed by atoms with E-state index >= 15 is 0 Å². The van der Waals surface area contributed by atoms with E-state index in [1.807, 2.05) is 12.1 Å². The molecule has 1 fully saturated rings. The van der Waals surface area contributed by atoms with E-state index in [4.69, 9.17) is 32.4 Å². The van der Waals surface area contributed by atoms with Gasteiger partial charge in [-0.1, -0.05) is 29.3 Å². The molecule has 1 aliphatic heterocycles. The van der Waals surface area contributed by atoms with Gasteiger partial charge in [0.2, 0.25) is 5.89 Å². The number of nitrogens with zero attached hydrogens (tertiary/aromatic N) is 3. The standard InChI is InChI=1S/C19H24Cl2N6O4/c1-2-22-17(28)18-26-25-16(31-18)9-24-19(29)23-8-13-11-27(5-6-30-13)10-12-3-4-14(20)15(21)7-12/h3-4,7,13H,2,5-6,8-11H2,1H3,(H,22,28)(H2,23,24,29)/t13-/m0/s1. The van der Waals surface area contributed by atoms with Crippen molar-refractivity contribution in [3.63, 3.8) is 0 Å². The molecule has 10 nitrogen and oxygen atoms in total. The molecule has 1 aromatic heterocycles. The number of amides is 3. The van der Waals surface area contributed by atoms with Gasteiger partial charge < -0.3 is 25.1 Å². The second kappa shape index (κ2) is 11.3. The molecule has 0 aliphatic carbocycles. The Hall–Kier alpha value is -2.40. The highest BCUT2D eigenvalue weighted by molar-refractivity contribution is 6.42. The summed E-state index contributed by atoms with van der Waals surface area (Å²) in [5.74, 6) is -0.458. The second-order valence-electron chi connectivity index (χ2n) is 6.90. The van der Waals surface area contributed by atoms with E-state index < -0.39 is 11.9 Å². The molecule has 168 valence electrons. The summed E-state index contributed by atoms with van der Waals surface area (Å²) in [6.45, 7) is 5.32. The van der Waals surface area contributed by atoms with Crippen molar-refractivity contribution in [2.24, 2.45) is 0 Å². The van der Waals surface area contributed by atoms with Gasteiger partial charge in [-0.2, -0.15) is 0 Å². The number of aromatic nitrogens is 2. The Labute approximate surface area is 189 Å². The van der Waals surface area contributed by atoms with Crippen LogP contribution in [0.4, 0.5) is 4.79 Å². The molecular formula is C19H24Cl2N6O4. The van der Waals surface area contributed by atoms with E-state index in [0.29, 0.717) is 42.8 Å². The van der Waals surface area contributed by atoms with Crippen LogP contribution >= 0.6 is 23.2 Å². The van der Waals surface area contributed by atoms with E-state index in [9.17, 15) is 9.59 Å². The molecule has 2 heterocycles. The lowest BCUT2D eigenvalue weighted by Gasteiger charge is -2.33. The zero-order valence-electron chi connectivity index (χ0n) is 17.0. The number of rotatable bonds is 8. The maximum atomic E-state index is 12.1. The van der Waals surface area contributed by atoms with E-state index in [-0.39, 0.29) is 24.4 Å². The Balaban J connectivity index is 1.39. The Morgan fingerprint density at radius 3 is 2.81 bits per heavy atom. The van der Waals surface area contributed by atoms with Gasteiger partial charge in [0.15, 0.2) is 0 Å². The Morgan fingerprint density at radius 2 is 2.03 bits per heavy atom. The van der Waals surface area contributed by atoms with Crippen LogP contribution in [-0.4, -0.2) is 65.9 Å². The lowest BCUT2D eigenvalue weighted by atomic mass is 10.2. The van der Waals surface area contributed by atoms with Crippen LogP contribution in [0.1, 0.15) is 29.1 Å². The number of urea groups is 1. The van der Waals surface area contributed by atoms with Crippen molar-refractivity contribution >= 4 is 35.1 Å². The van der Waals surface area contributed by atoms with Crippen molar-refractivity contribution in [3.05, 3.63) is 45.6 Å². The number of benzene rings is 1. The van der Waals surface area contributed by atoms with Gasteiger partial charge in [-0.3, -0.25) is 9.69 Å². The van der Waals surface area contributed by atoms with Gasteiger partial charge in [-0.25, -0.2) is 4.79 Å². The molecule has 1 aliphatic rings. The maximum Gasteiger partial charge on any atom is 0.315 e. The van der Waals surface area contributed by atoms with Gasteiger partial charge in [-0.15, -0.1) is 10.2 Å². The molecule has 3 rings (SSSR count). The summed E-state index contributed by atoms with van der Waals surface area (Å²) in [5, 5.41) is 16.4. The van der Waals surface area contributed by atoms with Crippen molar-refractivity contribution in [2.45, 2.75) is 26.1 Å². The predicted molar refractivity (Wildman–Crippen MR) is 114 cm³/mol. The van der Waals surface area contributed by atoms with Gasteiger partial charge in [0.1, 0.15) is 0 Å². The third-order valence-corrected chi connectivity index (χ3v) is 5.24. The van der Waals surface area contributed by atoms with Crippen LogP contribution < -0.4 is 16.0 Å². The number of carbonyl (C=O) groups is 2. The first-order valence-corrected chi connectivity index (χ1v) is 10.6. The third kappa shape index (κ3) is 7.06. The molecule has 0 unspecified atom stereocenters. The van der Waals surface area contributed by atoms with E-state index in [1.54, 1.807) is 13.0 Å². The fraction of sp³-hybridized carbons (Fsp3) is 0.474. The van der Waals surface area contributed by atoms with Gasteiger partial charge in [-0.05, 0) is 24.6 Å². The van der Waals surface area contributed by atoms with Crippen molar-refractivity contribution < 1.29 is 18.7 Å². The quantitative estimate of drug-likeness (QED) is 0.537. The lowest BCUT2D eigenvalue weighted by molar-refractivity contribution is -0.0287. The molecule has 1 aromatic carbocycles. The number of hydrogen-bond acceptors (Lipinski definition) is 7. The van der Waals surface area contributed by atoms with Crippen LogP contribution in [0, 0.1) is 0 Å². The van der Waals surface area contributed by atoms with Gasteiger partial charge in [0.05, 0.1) is 29.3 Å². The topological polar surface area (TPSA) is 122 Å². The molecule has 31 heavy (non-hydrogen) atoms. The second-order valence-corrected chi connectivity index (χ2v) is 7.71. The molecule has 0 saturated carbocycles. The van der Waals surface area contributed by atoms with Crippen LogP contribution in [0.2, 0.25) is 10.0 Å². The first kappa shape index (κ1) is 23.3. The molecule has 3 N–H and O–H groups in total. The maximum absolute atomic E-state index is 12.1. The highest BCUT2D eigenvalue weighted by Crippen LogP contribution is 2.23. The third-order valence-electron chi connectivity index (χ3n) is 4.50. The molecule has 0 spiro atoms. The van der Waals surface area contributed by atoms with Gasteiger partial charge >= 0.3 is 17.8 Å². The van der Waals surface area contributed by atoms with Crippen molar-refractivity contribution in [1.29, 1.82) is 0 Å². The smallest absolute Gasteiger partial charge is 0.315 e. The average Bonchev–Trinajstić information content (AvgIpc) is 3.23. The number of hydrogen-bond donors (Lipinski definition) is 3. The summed E-state index contributed by atoms with van der Waals surface area (Å²) >= 11 is 12.1. The Morgan fingerprint density at radius 1 is 1.19 bits per heavy atom. The van der Waals surface area contributed by atoms with Crippen LogP contribution in [0.3, 0.4) is 0 Å². The van der Waals surface area contributed by atoms with Crippen LogP contribution in [0.5, 0.6) is 0 Å². The minimum absolute atomic E-state index is 0.00716. The predicted octanol–water partition coefficient (Wildman–Crippen LogP) is 1.83. The molecule has 1 atom stereocenters. The average molecular weight is 471 g/mol. The summed E-state index contributed by atoms with van der Waals surface area (Å²) in [7, 11) is 0.